The second kappa shape index (κ2) is 12.1. The molecule has 0 saturated carbocycles. The van der Waals surface area contributed by atoms with Crippen LogP contribution in [0.2, 0.25) is 0 Å². The van der Waals surface area contributed by atoms with Crippen molar-refractivity contribution in [3.8, 4) is 0 Å². The lowest BCUT2D eigenvalue weighted by molar-refractivity contribution is 0.206. The predicted octanol–water partition coefficient (Wildman–Crippen LogP) is 11.3. The molecule has 5 aliphatic heterocycles. The molecule has 0 spiro atoms. The fourth-order valence-electron chi connectivity index (χ4n) is 9.48. The van der Waals surface area contributed by atoms with Crippen LogP contribution >= 0.6 is 11.8 Å². The van der Waals surface area contributed by atoms with Crippen LogP contribution in [0.3, 0.4) is 0 Å². The van der Waals surface area contributed by atoms with Crippen molar-refractivity contribution in [2.24, 2.45) is 40.4 Å². The first kappa shape index (κ1) is 34.4. The van der Waals surface area contributed by atoms with E-state index in [9.17, 15) is 0 Å². The molecule has 13 rings (SSSR count). The molecule has 0 N–H and O–H groups in total. The van der Waals surface area contributed by atoms with Crippen LogP contribution in [-0.4, -0.2) is 45.3 Å². The molecule has 1 atom stereocenters. The number of hydrogen-bond donors (Lipinski definition) is 0. The Morgan fingerprint density at radius 2 is 0.672 bits per heavy atom. The van der Waals surface area contributed by atoms with E-state index < -0.39 is 11.1 Å². The first-order valence-corrected chi connectivity index (χ1v) is 20.8. The van der Waals surface area contributed by atoms with Crippen LogP contribution in [0.25, 0.3) is 43.1 Å². The van der Waals surface area contributed by atoms with Crippen LogP contribution in [0.4, 0.5) is 0 Å². The maximum atomic E-state index is 7.60. The van der Waals surface area contributed by atoms with Crippen molar-refractivity contribution >= 4 is 95.7 Å². The quantitative estimate of drug-likeness (QED) is 0.140. The van der Waals surface area contributed by atoms with Crippen molar-refractivity contribution in [1.29, 1.82) is 0 Å². The first-order valence-electron chi connectivity index (χ1n) is 20.4. The van der Waals surface area contributed by atoms with Gasteiger partial charge in [-0.1, -0.05) is 118 Å². The summed E-state index contributed by atoms with van der Waals surface area (Å²) in [5.74, 6) is 3.66. The predicted molar refractivity (Wildman–Crippen MR) is 250 cm³/mol. The van der Waals surface area contributed by atoms with Gasteiger partial charge in [-0.15, -0.1) is 0 Å². The van der Waals surface area contributed by atoms with Crippen LogP contribution in [-0.2, 0) is 5.66 Å². The second-order valence-corrected chi connectivity index (χ2v) is 17.6. The molecule has 288 valence electrons. The molecule has 0 fully saturated rings. The van der Waals surface area contributed by atoms with Gasteiger partial charge in [-0.3, -0.25) is 0 Å². The van der Waals surface area contributed by atoms with E-state index in [0.29, 0.717) is 40.8 Å². The largest absolute Gasteiger partial charge is 0.230 e. The number of fused-ring (bicyclic) bond motifs is 20. The minimum absolute atomic E-state index is 0.502. The minimum Gasteiger partial charge on any atom is -0.230 e. The lowest BCUT2D eigenvalue weighted by Crippen LogP contribution is -2.36. The van der Waals surface area contributed by atoms with Gasteiger partial charge in [0.15, 0.2) is 46.5 Å². The molecule has 8 aromatic rings. The van der Waals surface area contributed by atoms with E-state index in [1.54, 1.807) is 4.42 Å². The molecular weight excluding hydrogens is 772 g/mol. The first-order chi connectivity index (χ1) is 29.7. The number of nitrogens with zero attached hydrogens (tertiary/aromatic N) is 8. The average molecular weight is 805 g/mol. The van der Waals surface area contributed by atoms with Crippen molar-refractivity contribution in [1.82, 2.24) is 4.42 Å². The number of hydrogen-bond acceptors (Lipinski definition) is 8. The molecule has 8 bridgehead atoms. The molecular formula is C52H33ClN8. The summed E-state index contributed by atoms with van der Waals surface area (Å²) >= 11 is 7.60. The fourth-order valence-corrected chi connectivity index (χ4v) is 9.74. The average Bonchev–Trinajstić information content (AvgIpc) is 3.99. The zero-order chi connectivity index (χ0) is 40.8. The lowest BCUT2D eigenvalue weighted by Gasteiger charge is -2.37. The van der Waals surface area contributed by atoms with Gasteiger partial charge in [0.05, 0.1) is 0 Å². The maximum Gasteiger partial charge on any atom is 0.185 e. The standard InChI is InChI=1S/C52H33ClN8/c1-51(2,3)52-43-27-35-19-11-10-18-34(35)26-42(43)48(60-52)56-46-39-23-31-15-7-9-17-33(31)25-41(39)50(58-46)61(53)49-40-24-32-16-8-6-14-30(32)22-38(40)45(57-49)54-44-36-20-28-12-4-5-13-29(28)21-37(36)47(55-44)59-52/h4-27H,1-3H3. The normalized spacial score (nSPS) is 18.6. The van der Waals surface area contributed by atoms with Crippen LogP contribution < -0.4 is 0 Å². The molecule has 5 heterocycles. The van der Waals surface area contributed by atoms with Crippen molar-refractivity contribution in [3.63, 3.8) is 0 Å². The maximum absolute atomic E-state index is 7.60. The molecule has 0 aliphatic carbocycles. The van der Waals surface area contributed by atoms with Crippen molar-refractivity contribution < 1.29 is 0 Å². The van der Waals surface area contributed by atoms with Crippen LogP contribution in [0.5, 0.6) is 0 Å². The summed E-state index contributed by atoms with van der Waals surface area (Å²) in [6.07, 6.45) is 0. The third kappa shape index (κ3) is 4.91. The topological polar surface area (TPSA) is 89.8 Å². The van der Waals surface area contributed by atoms with Gasteiger partial charge in [0.1, 0.15) is 0 Å². The Bertz CT molecular complexity index is 3600. The highest BCUT2D eigenvalue weighted by Gasteiger charge is 2.51. The molecule has 0 amide bonds. The summed E-state index contributed by atoms with van der Waals surface area (Å²) in [7, 11) is 0. The van der Waals surface area contributed by atoms with E-state index in [0.717, 1.165) is 87.6 Å². The Balaban J connectivity index is 1.17. The van der Waals surface area contributed by atoms with Crippen LogP contribution in [0.15, 0.2) is 181 Å². The number of rotatable bonds is 0. The van der Waals surface area contributed by atoms with Gasteiger partial charge >= 0.3 is 0 Å². The summed E-state index contributed by atoms with van der Waals surface area (Å²) in [5.41, 5.74) is 5.32. The minimum atomic E-state index is -1.13. The number of amidine groups is 7. The highest BCUT2D eigenvalue weighted by Crippen LogP contribution is 2.51. The van der Waals surface area contributed by atoms with E-state index in [1.165, 1.54) is 0 Å². The second-order valence-electron chi connectivity index (χ2n) is 17.2. The molecule has 5 aliphatic rings. The van der Waals surface area contributed by atoms with E-state index >= 15 is 0 Å². The summed E-state index contributed by atoms with van der Waals surface area (Å²) in [5, 5.41) is 8.59. The van der Waals surface area contributed by atoms with E-state index in [2.05, 4.69) is 142 Å². The molecule has 0 aromatic heterocycles. The molecule has 8 nitrogen and oxygen atoms in total. The van der Waals surface area contributed by atoms with Gasteiger partial charge in [-0.05, 0) is 91.6 Å². The SMILES string of the molecule is CC(C)(C)C12N=C3N=C(N=C4N=C(c5cc6ccccc6cc54)N(Cl)C4=NC(=NC(=N1)c1cc5ccccc5cc12)c1cc2ccccc2cc14)c1cc2ccccc2cc13. The Hall–Kier alpha value is -7.42. The van der Waals surface area contributed by atoms with Gasteiger partial charge < -0.3 is 0 Å². The summed E-state index contributed by atoms with van der Waals surface area (Å²) < 4.78 is 1.57. The van der Waals surface area contributed by atoms with Gasteiger partial charge in [0.2, 0.25) is 0 Å². The van der Waals surface area contributed by atoms with Crippen molar-refractivity contribution in [3.05, 3.63) is 190 Å². The smallest absolute Gasteiger partial charge is 0.185 e. The highest BCUT2D eigenvalue weighted by molar-refractivity contribution is 6.44. The Kier molecular flexibility index (Phi) is 6.82. The molecule has 8 aromatic carbocycles. The van der Waals surface area contributed by atoms with Gasteiger partial charge in [-0.2, -0.15) is 0 Å². The van der Waals surface area contributed by atoms with Crippen molar-refractivity contribution in [2.75, 3.05) is 0 Å². The van der Waals surface area contributed by atoms with Gasteiger partial charge in [-0.25, -0.2) is 39.4 Å². The summed E-state index contributed by atoms with van der Waals surface area (Å²) in [4.78, 5) is 38.0. The molecule has 0 saturated heterocycles. The fraction of sp³-hybridized carbons (Fsp3) is 0.0962. The zero-order valence-electron chi connectivity index (χ0n) is 33.3. The van der Waals surface area contributed by atoms with Crippen LogP contribution in [0.1, 0.15) is 65.3 Å². The Morgan fingerprint density at radius 3 is 1.08 bits per heavy atom. The summed E-state index contributed by atoms with van der Waals surface area (Å²) in [6, 6.07) is 50.6. The molecule has 1 unspecified atom stereocenters. The zero-order valence-corrected chi connectivity index (χ0v) is 34.1. The number of benzene rings is 8. The highest BCUT2D eigenvalue weighted by atomic mass is 35.5. The Morgan fingerprint density at radius 1 is 0.377 bits per heavy atom. The van der Waals surface area contributed by atoms with E-state index in [4.69, 9.17) is 46.7 Å². The van der Waals surface area contributed by atoms with Gasteiger partial charge in [0.25, 0.3) is 0 Å². The number of aliphatic imine (C=N–C) groups is 7. The number of halogens is 1. The molecule has 0 radical (unpaired) electrons. The van der Waals surface area contributed by atoms with E-state index in [1.807, 2.05) is 24.3 Å². The third-order valence-corrected chi connectivity index (χ3v) is 12.9. The van der Waals surface area contributed by atoms with Gasteiger partial charge in [0, 0.05) is 61.7 Å². The monoisotopic (exact) mass is 804 g/mol. The molecule has 9 heteroatoms. The molecule has 61 heavy (non-hydrogen) atoms. The van der Waals surface area contributed by atoms with Crippen molar-refractivity contribution in [2.45, 2.75) is 26.4 Å². The van der Waals surface area contributed by atoms with E-state index in [-0.39, 0.29) is 0 Å². The Labute approximate surface area is 355 Å². The third-order valence-electron chi connectivity index (χ3n) is 12.6. The summed E-state index contributed by atoms with van der Waals surface area (Å²) in [6.45, 7) is 6.55. The lowest BCUT2D eigenvalue weighted by atomic mass is 9.76. The van der Waals surface area contributed by atoms with Crippen LogP contribution in [0, 0.1) is 5.41 Å².